The van der Waals surface area contributed by atoms with E-state index in [1.807, 2.05) is 48.5 Å². The monoisotopic (exact) mass is 436 g/mol. The number of hydrogen-bond donors (Lipinski definition) is 1. The summed E-state index contributed by atoms with van der Waals surface area (Å²) in [5.41, 5.74) is 1.91. The number of rotatable bonds is 8. The van der Waals surface area contributed by atoms with Crippen LogP contribution < -0.4 is 14.8 Å². The lowest BCUT2D eigenvalue weighted by Gasteiger charge is -2.30. The van der Waals surface area contributed by atoms with Crippen LogP contribution in [0.1, 0.15) is 24.3 Å². The van der Waals surface area contributed by atoms with Crippen LogP contribution in [0.2, 0.25) is 0 Å². The first kappa shape index (κ1) is 21.8. The predicted molar refractivity (Wildman–Crippen MR) is 119 cm³/mol. The van der Waals surface area contributed by atoms with E-state index in [-0.39, 0.29) is 11.8 Å². The number of hydrogen-bond acceptors (Lipinski definition) is 7. The molecule has 1 fully saturated rings. The van der Waals surface area contributed by atoms with Gasteiger partial charge in [0, 0.05) is 18.0 Å². The third kappa shape index (κ3) is 5.26. The van der Waals surface area contributed by atoms with Gasteiger partial charge in [-0.25, -0.2) is 0 Å². The van der Waals surface area contributed by atoms with Gasteiger partial charge in [0.25, 0.3) is 0 Å². The van der Waals surface area contributed by atoms with Crippen molar-refractivity contribution in [1.29, 1.82) is 0 Å². The second kappa shape index (κ2) is 10.3. The largest absolute Gasteiger partial charge is 0.493 e. The van der Waals surface area contributed by atoms with E-state index in [9.17, 15) is 4.79 Å². The van der Waals surface area contributed by atoms with E-state index in [1.54, 1.807) is 14.2 Å². The molecule has 1 N–H and O–H groups in total. The molecule has 8 nitrogen and oxygen atoms in total. The number of nitrogens with zero attached hydrogens (tertiary/aromatic N) is 3. The number of piperidine rings is 1. The maximum Gasteiger partial charge on any atom is 0.241 e. The van der Waals surface area contributed by atoms with Crippen molar-refractivity contribution in [2.75, 3.05) is 27.3 Å². The lowest BCUT2D eigenvalue weighted by molar-refractivity contribution is -0.126. The highest BCUT2D eigenvalue weighted by atomic mass is 16.5. The Kier molecular flexibility index (Phi) is 7.01. The van der Waals surface area contributed by atoms with Crippen LogP contribution in [0, 0.1) is 5.92 Å². The highest BCUT2D eigenvalue weighted by Gasteiger charge is 2.26. The van der Waals surface area contributed by atoms with Crippen molar-refractivity contribution in [3.8, 4) is 22.9 Å². The fourth-order valence-electron chi connectivity index (χ4n) is 3.89. The lowest BCUT2D eigenvalue weighted by Crippen LogP contribution is -2.40. The van der Waals surface area contributed by atoms with Crippen LogP contribution in [0.15, 0.2) is 53.1 Å². The molecule has 0 atom stereocenters. The van der Waals surface area contributed by atoms with Crippen LogP contribution in [-0.2, 0) is 17.9 Å². The number of ether oxygens (including phenoxy) is 2. The molecule has 32 heavy (non-hydrogen) atoms. The van der Waals surface area contributed by atoms with Crippen LogP contribution in [0.5, 0.6) is 11.5 Å². The minimum Gasteiger partial charge on any atom is -0.493 e. The summed E-state index contributed by atoms with van der Waals surface area (Å²) < 4.78 is 16.1. The van der Waals surface area contributed by atoms with E-state index in [4.69, 9.17) is 14.0 Å². The van der Waals surface area contributed by atoms with Crippen molar-refractivity contribution in [2.45, 2.75) is 25.9 Å². The first-order chi connectivity index (χ1) is 15.7. The second-order valence-corrected chi connectivity index (χ2v) is 7.84. The van der Waals surface area contributed by atoms with Gasteiger partial charge in [0.15, 0.2) is 11.5 Å². The number of amides is 1. The van der Waals surface area contributed by atoms with Crippen LogP contribution in [-0.4, -0.2) is 48.3 Å². The number of likely N-dealkylation sites (tertiary alicyclic amines) is 1. The van der Waals surface area contributed by atoms with Gasteiger partial charge in [-0.2, -0.15) is 4.98 Å². The summed E-state index contributed by atoms with van der Waals surface area (Å²) in [6.07, 6.45) is 1.63. The fraction of sp³-hybridized carbons (Fsp3) is 0.375. The average Bonchev–Trinajstić information content (AvgIpc) is 3.31. The van der Waals surface area contributed by atoms with Crippen molar-refractivity contribution in [2.24, 2.45) is 5.92 Å². The Morgan fingerprint density at radius 2 is 1.84 bits per heavy atom. The second-order valence-electron chi connectivity index (χ2n) is 7.84. The van der Waals surface area contributed by atoms with Crippen LogP contribution in [0.4, 0.5) is 0 Å². The number of carbonyl (C=O) groups is 1. The van der Waals surface area contributed by atoms with Crippen molar-refractivity contribution >= 4 is 5.91 Å². The molecule has 168 valence electrons. The molecule has 2 heterocycles. The minimum absolute atomic E-state index is 0.0416. The fourth-order valence-corrected chi connectivity index (χ4v) is 3.89. The Morgan fingerprint density at radius 3 is 2.56 bits per heavy atom. The van der Waals surface area contributed by atoms with Crippen molar-refractivity contribution < 1.29 is 18.8 Å². The maximum atomic E-state index is 12.5. The summed E-state index contributed by atoms with van der Waals surface area (Å²) >= 11 is 0. The number of nitrogens with one attached hydrogen (secondary N) is 1. The Balaban J connectivity index is 1.28. The van der Waals surface area contributed by atoms with Crippen LogP contribution >= 0.6 is 0 Å². The van der Waals surface area contributed by atoms with Crippen LogP contribution in [0.25, 0.3) is 11.4 Å². The zero-order valence-electron chi connectivity index (χ0n) is 18.4. The number of benzene rings is 2. The van der Waals surface area contributed by atoms with E-state index in [0.29, 0.717) is 36.3 Å². The van der Waals surface area contributed by atoms with E-state index in [0.717, 1.165) is 37.1 Å². The van der Waals surface area contributed by atoms with Gasteiger partial charge in [-0.05, 0) is 49.7 Å². The normalized spacial score (nSPS) is 14.8. The predicted octanol–water partition coefficient (Wildman–Crippen LogP) is 3.28. The molecule has 1 aliphatic heterocycles. The summed E-state index contributed by atoms with van der Waals surface area (Å²) in [7, 11) is 3.19. The van der Waals surface area contributed by atoms with Gasteiger partial charge in [-0.15, -0.1) is 0 Å². The topological polar surface area (TPSA) is 89.7 Å². The molecule has 3 aromatic rings. The maximum absolute atomic E-state index is 12.5. The summed E-state index contributed by atoms with van der Waals surface area (Å²) in [5.74, 6) is 2.50. The Morgan fingerprint density at radius 1 is 1.09 bits per heavy atom. The third-order valence-electron chi connectivity index (χ3n) is 5.74. The molecule has 8 heteroatoms. The zero-order chi connectivity index (χ0) is 22.3. The quantitative estimate of drug-likeness (QED) is 0.580. The molecule has 4 rings (SSSR count). The molecular weight excluding hydrogens is 408 g/mol. The van der Waals surface area contributed by atoms with Gasteiger partial charge in [0.1, 0.15) is 0 Å². The Hall–Kier alpha value is -3.39. The molecule has 1 aromatic heterocycles. The third-order valence-corrected chi connectivity index (χ3v) is 5.74. The number of methoxy groups -OCH3 is 2. The van der Waals surface area contributed by atoms with Crippen molar-refractivity contribution in [3.05, 3.63) is 60.0 Å². The smallest absolute Gasteiger partial charge is 0.241 e. The van der Waals surface area contributed by atoms with E-state index in [2.05, 4.69) is 20.4 Å². The van der Waals surface area contributed by atoms with E-state index in [1.165, 1.54) is 0 Å². The summed E-state index contributed by atoms with van der Waals surface area (Å²) in [6, 6.07) is 15.5. The highest BCUT2D eigenvalue weighted by Crippen LogP contribution is 2.31. The minimum atomic E-state index is 0.0416. The zero-order valence-corrected chi connectivity index (χ0v) is 18.4. The van der Waals surface area contributed by atoms with Gasteiger partial charge in [0.05, 0.1) is 20.8 Å². The molecule has 1 saturated heterocycles. The first-order valence-electron chi connectivity index (χ1n) is 10.7. The summed E-state index contributed by atoms with van der Waals surface area (Å²) in [5, 5.41) is 7.16. The molecule has 1 amide bonds. The van der Waals surface area contributed by atoms with Gasteiger partial charge >= 0.3 is 0 Å². The van der Waals surface area contributed by atoms with Crippen LogP contribution in [0.3, 0.4) is 0 Å². The highest BCUT2D eigenvalue weighted by molar-refractivity contribution is 5.78. The molecule has 0 aliphatic carbocycles. The average molecular weight is 437 g/mol. The van der Waals surface area contributed by atoms with Gasteiger partial charge in [-0.3, -0.25) is 9.69 Å². The molecule has 1 aliphatic rings. The van der Waals surface area contributed by atoms with Crippen molar-refractivity contribution in [3.63, 3.8) is 0 Å². The Labute approximate surface area is 187 Å². The Bertz CT molecular complexity index is 1030. The van der Waals surface area contributed by atoms with Gasteiger partial charge in [-0.1, -0.05) is 35.5 Å². The number of carbonyl (C=O) groups excluding carboxylic acids is 1. The van der Waals surface area contributed by atoms with Gasteiger partial charge < -0.3 is 19.3 Å². The molecule has 0 unspecified atom stereocenters. The summed E-state index contributed by atoms with van der Waals surface area (Å²) in [4.78, 5) is 19.3. The van der Waals surface area contributed by atoms with Gasteiger partial charge in [0.2, 0.25) is 17.6 Å². The SMILES string of the molecule is COc1ccc(-c2noc(CN3CCC(C(=O)NCc4ccccc4)CC3)n2)cc1OC. The lowest BCUT2D eigenvalue weighted by atomic mass is 9.96. The molecule has 0 saturated carbocycles. The molecular formula is C24H28N4O4. The first-order valence-corrected chi connectivity index (χ1v) is 10.7. The number of aromatic nitrogens is 2. The molecule has 0 spiro atoms. The van der Waals surface area contributed by atoms with E-state index >= 15 is 0 Å². The molecule has 0 radical (unpaired) electrons. The molecule has 2 aromatic carbocycles. The molecule has 0 bridgehead atoms. The summed E-state index contributed by atoms with van der Waals surface area (Å²) in [6.45, 7) is 2.77. The van der Waals surface area contributed by atoms with E-state index < -0.39 is 0 Å². The van der Waals surface area contributed by atoms with Crippen molar-refractivity contribution in [1.82, 2.24) is 20.4 Å². The standard InChI is InChI=1S/C24H28N4O4/c1-30-20-9-8-19(14-21(20)31-2)23-26-22(32-27-23)16-28-12-10-18(11-13-28)24(29)25-15-17-6-4-3-5-7-17/h3-9,14,18H,10-13,15-16H2,1-2H3,(H,25,29).